The van der Waals surface area contributed by atoms with E-state index in [1.54, 1.807) is 37.4 Å². The van der Waals surface area contributed by atoms with Gasteiger partial charge >= 0.3 is 5.69 Å². The van der Waals surface area contributed by atoms with Gasteiger partial charge in [-0.2, -0.15) is 0 Å². The third-order valence-electron chi connectivity index (χ3n) is 5.22. The van der Waals surface area contributed by atoms with Crippen LogP contribution in [0.1, 0.15) is 15.9 Å². The van der Waals surface area contributed by atoms with Gasteiger partial charge in [-0.05, 0) is 53.1 Å². The second kappa shape index (κ2) is 8.38. The number of methoxy groups -OCH3 is 1. The first-order valence-corrected chi connectivity index (χ1v) is 9.78. The standard InChI is InChI=1S/C23H20N4O5/c1-24-22(28)10-13-3-7-17-19(9-13)26-23(29)16-6-4-14(11-18(16)25-17)15-5-8-20(27(30)31)21(12-15)32-2/h3-9,11-12,25H,10H2,1-2H3,(H,24,28)(H,26,29). The molecule has 9 heteroatoms. The molecule has 0 bridgehead atoms. The van der Waals surface area contributed by atoms with E-state index in [2.05, 4.69) is 16.0 Å². The summed E-state index contributed by atoms with van der Waals surface area (Å²) in [7, 11) is 2.95. The number of nitro benzene ring substituents is 1. The summed E-state index contributed by atoms with van der Waals surface area (Å²) in [5, 5.41) is 19.9. The predicted octanol–water partition coefficient (Wildman–Crippen LogP) is 3.87. The van der Waals surface area contributed by atoms with E-state index in [1.165, 1.54) is 13.2 Å². The lowest BCUT2D eigenvalue weighted by atomic mass is 10.0. The van der Waals surface area contributed by atoms with Gasteiger partial charge in [0.25, 0.3) is 5.91 Å². The first-order valence-electron chi connectivity index (χ1n) is 9.78. The number of benzene rings is 3. The van der Waals surface area contributed by atoms with E-state index in [1.807, 2.05) is 18.2 Å². The number of hydrogen-bond acceptors (Lipinski definition) is 6. The van der Waals surface area contributed by atoms with Gasteiger partial charge in [-0.3, -0.25) is 19.7 Å². The van der Waals surface area contributed by atoms with Crippen LogP contribution in [0, 0.1) is 10.1 Å². The minimum Gasteiger partial charge on any atom is -0.490 e. The number of fused-ring (bicyclic) bond motifs is 2. The number of carbonyl (C=O) groups excluding carboxylic acids is 2. The Morgan fingerprint density at radius 2 is 1.75 bits per heavy atom. The maximum absolute atomic E-state index is 12.8. The van der Waals surface area contributed by atoms with Gasteiger partial charge in [-0.1, -0.05) is 12.1 Å². The summed E-state index contributed by atoms with van der Waals surface area (Å²) in [6.45, 7) is 0. The molecule has 2 amide bonds. The molecule has 1 aliphatic rings. The SMILES string of the molecule is CNC(=O)Cc1ccc2c(c1)NC(=O)c1ccc(-c3ccc([N+](=O)[O-])c(OC)c3)cc1N2. The van der Waals surface area contributed by atoms with E-state index >= 15 is 0 Å². The summed E-state index contributed by atoms with van der Waals surface area (Å²) < 4.78 is 5.16. The number of nitrogens with zero attached hydrogens (tertiary/aromatic N) is 1. The van der Waals surface area contributed by atoms with Crippen LogP contribution >= 0.6 is 0 Å². The maximum Gasteiger partial charge on any atom is 0.310 e. The van der Waals surface area contributed by atoms with Crippen LogP contribution in [-0.4, -0.2) is 30.9 Å². The number of carbonyl (C=O) groups is 2. The number of amides is 2. The van der Waals surface area contributed by atoms with Gasteiger partial charge in [0, 0.05) is 13.1 Å². The molecule has 3 N–H and O–H groups in total. The average Bonchev–Trinajstić information content (AvgIpc) is 2.93. The minimum absolute atomic E-state index is 0.120. The fraction of sp³-hybridized carbons (Fsp3) is 0.130. The molecule has 0 atom stereocenters. The zero-order valence-electron chi connectivity index (χ0n) is 17.4. The summed E-state index contributed by atoms with van der Waals surface area (Å²) in [6, 6.07) is 15.3. The van der Waals surface area contributed by atoms with E-state index in [0.29, 0.717) is 28.2 Å². The second-order valence-electron chi connectivity index (χ2n) is 7.21. The number of rotatable bonds is 5. The largest absolute Gasteiger partial charge is 0.490 e. The van der Waals surface area contributed by atoms with E-state index in [9.17, 15) is 19.7 Å². The summed E-state index contributed by atoms with van der Waals surface area (Å²) in [4.78, 5) is 35.1. The summed E-state index contributed by atoms with van der Waals surface area (Å²) in [5.41, 5.74) is 4.43. The smallest absolute Gasteiger partial charge is 0.310 e. The zero-order valence-corrected chi connectivity index (χ0v) is 17.4. The molecule has 0 unspecified atom stereocenters. The van der Waals surface area contributed by atoms with Crippen molar-refractivity contribution in [3.8, 4) is 16.9 Å². The lowest BCUT2D eigenvalue weighted by Crippen LogP contribution is -2.20. The molecule has 9 nitrogen and oxygen atoms in total. The van der Waals surface area contributed by atoms with E-state index < -0.39 is 4.92 Å². The fourth-order valence-corrected chi connectivity index (χ4v) is 3.56. The molecule has 1 aliphatic heterocycles. The van der Waals surface area contributed by atoms with Crippen LogP contribution < -0.4 is 20.7 Å². The fourth-order valence-electron chi connectivity index (χ4n) is 3.56. The van der Waals surface area contributed by atoms with Crippen LogP contribution in [0.25, 0.3) is 11.1 Å². The Balaban J connectivity index is 1.70. The quantitative estimate of drug-likeness (QED) is 0.416. The molecule has 4 rings (SSSR count). The molecule has 3 aromatic rings. The molecule has 1 heterocycles. The number of nitrogens with one attached hydrogen (secondary N) is 3. The number of anilines is 3. The lowest BCUT2D eigenvalue weighted by molar-refractivity contribution is -0.385. The predicted molar refractivity (Wildman–Crippen MR) is 121 cm³/mol. The molecular weight excluding hydrogens is 412 g/mol. The van der Waals surface area contributed by atoms with Gasteiger partial charge in [0.05, 0.1) is 41.1 Å². The van der Waals surface area contributed by atoms with E-state index in [0.717, 1.165) is 11.1 Å². The Hall–Kier alpha value is -4.40. The number of likely N-dealkylation sites (N-methyl/N-ethyl adjacent to an activating group) is 1. The highest BCUT2D eigenvalue weighted by Gasteiger charge is 2.21. The molecule has 3 aromatic carbocycles. The molecule has 0 aliphatic carbocycles. The molecule has 0 fully saturated rings. The second-order valence-corrected chi connectivity index (χ2v) is 7.21. The van der Waals surface area contributed by atoms with Crippen molar-refractivity contribution in [3.63, 3.8) is 0 Å². The van der Waals surface area contributed by atoms with Crippen LogP contribution in [0.15, 0.2) is 54.6 Å². The topological polar surface area (TPSA) is 123 Å². The van der Waals surface area contributed by atoms with Crippen molar-refractivity contribution in [2.24, 2.45) is 0 Å². The van der Waals surface area contributed by atoms with Crippen molar-refractivity contribution in [2.45, 2.75) is 6.42 Å². The Morgan fingerprint density at radius 1 is 1.00 bits per heavy atom. The van der Waals surface area contributed by atoms with Crippen LogP contribution in [0.4, 0.5) is 22.7 Å². The van der Waals surface area contributed by atoms with Gasteiger partial charge in [-0.15, -0.1) is 0 Å². The highest BCUT2D eigenvalue weighted by Crippen LogP contribution is 2.37. The van der Waals surface area contributed by atoms with Gasteiger partial charge < -0.3 is 20.7 Å². The highest BCUT2D eigenvalue weighted by molar-refractivity contribution is 6.12. The molecule has 0 radical (unpaired) electrons. The Labute approximate surface area is 183 Å². The zero-order chi connectivity index (χ0) is 22.8. The summed E-state index contributed by atoms with van der Waals surface area (Å²) >= 11 is 0. The van der Waals surface area contributed by atoms with Crippen molar-refractivity contribution in [2.75, 3.05) is 24.8 Å². The van der Waals surface area contributed by atoms with Crippen molar-refractivity contribution < 1.29 is 19.2 Å². The Bertz CT molecular complexity index is 1260. The minimum atomic E-state index is -0.499. The van der Waals surface area contributed by atoms with Crippen molar-refractivity contribution in [1.29, 1.82) is 0 Å². The maximum atomic E-state index is 12.8. The molecule has 0 spiro atoms. The molecule has 162 valence electrons. The van der Waals surface area contributed by atoms with Crippen LogP contribution in [0.3, 0.4) is 0 Å². The van der Waals surface area contributed by atoms with Crippen LogP contribution in [0.5, 0.6) is 5.75 Å². The van der Waals surface area contributed by atoms with Crippen molar-refractivity contribution in [3.05, 3.63) is 75.8 Å². The first-order chi connectivity index (χ1) is 15.4. The van der Waals surface area contributed by atoms with Gasteiger partial charge in [0.1, 0.15) is 0 Å². The average molecular weight is 432 g/mol. The van der Waals surface area contributed by atoms with Crippen LogP contribution in [0.2, 0.25) is 0 Å². The molecular formula is C23H20N4O5. The number of ether oxygens (including phenoxy) is 1. The van der Waals surface area contributed by atoms with Crippen molar-refractivity contribution in [1.82, 2.24) is 5.32 Å². The summed E-state index contributed by atoms with van der Waals surface area (Å²) in [6.07, 6.45) is 0.207. The number of hydrogen-bond donors (Lipinski definition) is 3. The highest BCUT2D eigenvalue weighted by atomic mass is 16.6. The van der Waals surface area contributed by atoms with E-state index in [-0.39, 0.29) is 29.7 Å². The Kier molecular flexibility index (Phi) is 5.46. The van der Waals surface area contributed by atoms with Gasteiger partial charge in [-0.25, -0.2) is 0 Å². The number of nitro groups is 1. The van der Waals surface area contributed by atoms with Gasteiger partial charge in [0.2, 0.25) is 5.91 Å². The third-order valence-corrected chi connectivity index (χ3v) is 5.22. The first kappa shape index (κ1) is 20.9. The normalized spacial score (nSPS) is 11.9. The molecule has 0 aromatic heterocycles. The van der Waals surface area contributed by atoms with Crippen LogP contribution in [-0.2, 0) is 11.2 Å². The van der Waals surface area contributed by atoms with E-state index in [4.69, 9.17) is 4.74 Å². The molecule has 32 heavy (non-hydrogen) atoms. The monoisotopic (exact) mass is 432 g/mol. The van der Waals surface area contributed by atoms with Crippen molar-refractivity contribution >= 4 is 34.6 Å². The Morgan fingerprint density at radius 3 is 2.47 bits per heavy atom. The third kappa shape index (κ3) is 3.95. The lowest BCUT2D eigenvalue weighted by Gasteiger charge is -2.12. The molecule has 0 saturated carbocycles. The van der Waals surface area contributed by atoms with Gasteiger partial charge in [0.15, 0.2) is 5.75 Å². The summed E-state index contributed by atoms with van der Waals surface area (Å²) in [5.74, 6) is -0.248. The molecule has 0 saturated heterocycles.